The van der Waals surface area contributed by atoms with E-state index in [0.29, 0.717) is 23.1 Å². The molecule has 1 aromatic carbocycles. The lowest BCUT2D eigenvalue weighted by atomic mass is 9.94. The smallest absolute Gasteiger partial charge is 0.334 e. The molecule has 0 radical (unpaired) electrons. The first-order valence-electron chi connectivity index (χ1n) is 7.60. The maximum Gasteiger partial charge on any atom is 0.449 e. The summed E-state index contributed by atoms with van der Waals surface area (Å²) in [5, 5.41) is 0. The summed E-state index contributed by atoms with van der Waals surface area (Å²) in [5.74, 6) is -1.11. The third-order valence-corrected chi connectivity index (χ3v) is 5.07. The number of hydrogen-bond acceptors (Lipinski definition) is 3. The molecule has 26 heavy (non-hydrogen) atoms. The summed E-state index contributed by atoms with van der Waals surface area (Å²) in [6.45, 7) is 3.90. The van der Waals surface area contributed by atoms with Gasteiger partial charge in [-0.3, -0.25) is 0 Å². The zero-order chi connectivity index (χ0) is 19.1. The van der Waals surface area contributed by atoms with Crippen LogP contribution in [-0.2, 0) is 16.0 Å². The Kier molecular flexibility index (Phi) is 4.39. The maximum absolute atomic E-state index is 13.2. The Morgan fingerprint density at radius 3 is 2.38 bits per heavy atom. The maximum atomic E-state index is 13.2. The molecule has 0 amide bonds. The van der Waals surface area contributed by atoms with Gasteiger partial charge in [0.15, 0.2) is 9.84 Å². The van der Waals surface area contributed by atoms with Gasteiger partial charge in [0.2, 0.25) is 5.82 Å². The van der Waals surface area contributed by atoms with E-state index in [2.05, 4.69) is 16.5 Å². The van der Waals surface area contributed by atoms with E-state index in [1.165, 1.54) is 24.3 Å². The average molecular weight is 380 g/mol. The fraction of sp³-hybridized carbons (Fsp3) is 0.167. The largest absolute Gasteiger partial charge is 0.449 e. The van der Waals surface area contributed by atoms with Crippen molar-refractivity contribution in [1.29, 1.82) is 0 Å². The van der Waals surface area contributed by atoms with Crippen LogP contribution in [0, 0.1) is 0 Å². The molecule has 1 aliphatic carbocycles. The highest BCUT2D eigenvalue weighted by molar-refractivity contribution is 7.90. The zero-order valence-electron chi connectivity index (χ0n) is 13.8. The Morgan fingerprint density at radius 1 is 1.19 bits per heavy atom. The van der Waals surface area contributed by atoms with Crippen LogP contribution >= 0.6 is 0 Å². The van der Waals surface area contributed by atoms with Crippen LogP contribution in [0.2, 0.25) is 0 Å². The van der Waals surface area contributed by atoms with Crippen LogP contribution in [0.1, 0.15) is 17.9 Å². The van der Waals surface area contributed by atoms with Gasteiger partial charge in [0, 0.05) is 17.4 Å². The number of aromatic nitrogens is 2. The molecule has 1 N–H and O–H groups in total. The molecule has 1 aliphatic rings. The minimum atomic E-state index is -4.63. The first-order valence-corrected chi connectivity index (χ1v) is 9.49. The van der Waals surface area contributed by atoms with E-state index in [-0.39, 0.29) is 16.3 Å². The number of aromatic amines is 1. The Morgan fingerprint density at radius 2 is 1.85 bits per heavy atom. The average Bonchev–Trinajstić information content (AvgIpc) is 3.00. The molecule has 0 atom stereocenters. The van der Waals surface area contributed by atoms with E-state index < -0.39 is 21.8 Å². The lowest BCUT2D eigenvalue weighted by Crippen LogP contribution is -2.07. The van der Waals surface area contributed by atoms with E-state index in [1.54, 1.807) is 12.2 Å². The normalized spacial score (nSPS) is 15.2. The van der Waals surface area contributed by atoms with Crippen LogP contribution < -0.4 is 0 Å². The van der Waals surface area contributed by atoms with Crippen molar-refractivity contribution in [3.05, 3.63) is 66.2 Å². The fourth-order valence-electron chi connectivity index (χ4n) is 2.63. The van der Waals surface area contributed by atoms with E-state index in [1.807, 2.05) is 6.08 Å². The quantitative estimate of drug-likeness (QED) is 0.859. The number of sulfone groups is 1. The molecule has 0 bridgehead atoms. The van der Waals surface area contributed by atoms with Crippen molar-refractivity contribution in [3.8, 4) is 11.3 Å². The second-order valence-electron chi connectivity index (χ2n) is 5.92. The minimum absolute atomic E-state index is 0.0820. The van der Waals surface area contributed by atoms with Crippen molar-refractivity contribution < 1.29 is 21.6 Å². The van der Waals surface area contributed by atoms with Gasteiger partial charge in [-0.2, -0.15) is 13.2 Å². The van der Waals surface area contributed by atoms with Gasteiger partial charge in [-0.15, -0.1) is 0 Å². The molecule has 136 valence electrons. The molecule has 0 spiro atoms. The Bertz CT molecular complexity index is 1030. The third kappa shape index (κ3) is 3.50. The molecule has 0 saturated heterocycles. The van der Waals surface area contributed by atoms with Crippen LogP contribution in [0.5, 0.6) is 0 Å². The summed E-state index contributed by atoms with van der Waals surface area (Å²) >= 11 is 0. The predicted octanol–water partition coefficient (Wildman–Crippen LogP) is 4.40. The summed E-state index contributed by atoms with van der Waals surface area (Å²) in [6.07, 6.45) is 2.23. The van der Waals surface area contributed by atoms with Crippen molar-refractivity contribution in [3.63, 3.8) is 0 Å². The first kappa shape index (κ1) is 18.2. The number of allylic oxidation sites excluding steroid dienone is 5. The summed E-state index contributed by atoms with van der Waals surface area (Å²) in [6, 6.07) is 5.58. The standard InChI is InChI=1S/C18H15F3N2O2S/c1-11-5-3-4-6-14(11)16-15(22-17(23-16)18(19,20)21)12-7-9-13(10-8-12)26(2,24)25/h3-4,6-10H,1,5H2,2H3,(H,22,23). The van der Waals surface area contributed by atoms with Crippen molar-refractivity contribution in [1.82, 2.24) is 9.97 Å². The molecule has 0 unspecified atom stereocenters. The van der Waals surface area contributed by atoms with Gasteiger partial charge < -0.3 is 4.98 Å². The summed E-state index contributed by atoms with van der Waals surface area (Å²) in [4.78, 5) is 6.15. The Balaban J connectivity index is 2.17. The van der Waals surface area contributed by atoms with E-state index >= 15 is 0 Å². The SMILES string of the molecule is C=C1CC=CC=C1c1[nH]c(C(F)(F)F)nc1-c1ccc(S(C)(=O)=O)cc1. The molecule has 1 heterocycles. The van der Waals surface area contributed by atoms with Crippen LogP contribution in [0.3, 0.4) is 0 Å². The fourth-order valence-corrected chi connectivity index (χ4v) is 3.26. The van der Waals surface area contributed by atoms with Gasteiger partial charge in [0.05, 0.1) is 16.3 Å². The number of benzene rings is 1. The minimum Gasteiger partial charge on any atom is -0.334 e. The predicted molar refractivity (Wildman–Crippen MR) is 93.0 cm³/mol. The number of nitrogens with zero attached hydrogens (tertiary/aromatic N) is 1. The number of nitrogens with one attached hydrogen (secondary N) is 1. The van der Waals surface area contributed by atoms with E-state index in [9.17, 15) is 21.6 Å². The monoisotopic (exact) mass is 380 g/mol. The summed E-state index contributed by atoms with van der Waals surface area (Å²) in [7, 11) is -3.40. The van der Waals surface area contributed by atoms with E-state index in [0.717, 1.165) is 6.26 Å². The summed E-state index contributed by atoms with van der Waals surface area (Å²) in [5.41, 5.74) is 1.89. The van der Waals surface area contributed by atoms with E-state index in [4.69, 9.17) is 0 Å². The first-order chi connectivity index (χ1) is 12.1. The molecular weight excluding hydrogens is 365 g/mol. The van der Waals surface area contributed by atoms with Crippen LogP contribution in [0.25, 0.3) is 16.8 Å². The van der Waals surface area contributed by atoms with Crippen molar-refractivity contribution in [2.24, 2.45) is 0 Å². The van der Waals surface area contributed by atoms with Crippen molar-refractivity contribution in [2.75, 3.05) is 6.26 Å². The number of imidazole rings is 1. The Labute approximate surface area is 148 Å². The lowest BCUT2D eigenvalue weighted by molar-refractivity contribution is -0.144. The lowest BCUT2D eigenvalue weighted by Gasteiger charge is -2.12. The highest BCUT2D eigenvalue weighted by atomic mass is 32.2. The second kappa shape index (κ2) is 6.28. The van der Waals surface area contributed by atoms with Gasteiger partial charge in [-0.05, 0) is 24.1 Å². The summed E-state index contributed by atoms with van der Waals surface area (Å²) < 4.78 is 62.6. The van der Waals surface area contributed by atoms with Crippen molar-refractivity contribution in [2.45, 2.75) is 17.5 Å². The highest BCUT2D eigenvalue weighted by Crippen LogP contribution is 2.37. The molecule has 1 aromatic heterocycles. The molecule has 0 aliphatic heterocycles. The molecule has 8 heteroatoms. The van der Waals surface area contributed by atoms with Gasteiger partial charge in [0.1, 0.15) is 0 Å². The molecular formula is C18H15F3N2O2S. The molecule has 4 nitrogen and oxygen atoms in total. The van der Waals surface area contributed by atoms with Crippen LogP contribution in [0.15, 0.2) is 59.5 Å². The second-order valence-corrected chi connectivity index (χ2v) is 7.94. The molecule has 0 saturated carbocycles. The number of alkyl halides is 3. The van der Waals surface area contributed by atoms with Gasteiger partial charge >= 0.3 is 6.18 Å². The number of halogens is 3. The third-order valence-electron chi connectivity index (χ3n) is 3.94. The topological polar surface area (TPSA) is 62.8 Å². The number of rotatable bonds is 3. The number of H-pyrrole nitrogens is 1. The van der Waals surface area contributed by atoms with Crippen LogP contribution in [-0.4, -0.2) is 24.6 Å². The molecule has 2 aromatic rings. The van der Waals surface area contributed by atoms with Crippen LogP contribution in [0.4, 0.5) is 13.2 Å². The van der Waals surface area contributed by atoms with Gasteiger partial charge in [-0.1, -0.05) is 36.9 Å². The van der Waals surface area contributed by atoms with Gasteiger partial charge in [0.25, 0.3) is 0 Å². The molecule has 0 fully saturated rings. The number of hydrogen-bond donors (Lipinski definition) is 1. The van der Waals surface area contributed by atoms with Crippen molar-refractivity contribution >= 4 is 15.4 Å². The highest BCUT2D eigenvalue weighted by Gasteiger charge is 2.36. The Hall–Kier alpha value is -2.61. The zero-order valence-corrected chi connectivity index (χ0v) is 14.6. The van der Waals surface area contributed by atoms with Gasteiger partial charge in [-0.25, -0.2) is 13.4 Å². The molecule has 3 rings (SSSR count).